The first kappa shape index (κ1) is 18.9. The van der Waals surface area contributed by atoms with Crippen LogP contribution in [0, 0.1) is 11.8 Å². The van der Waals surface area contributed by atoms with E-state index in [0.29, 0.717) is 0 Å². The summed E-state index contributed by atoms with van der Waals surface area (Å²) in [6, 6.07) is 8.15. The Balaban J connectivity index is 1.42. The number of ether oxygens (including phenoxy) is 1. The fourth-order valence-corrected chi connectivity index (χ4v) is 3.80. The van der Waals surface area contributed by atoms with Crippen LogP contribution >= 0.6 is 0 Å². The third-order valence-electron chi connectivity index (χ3n) is 5.52. The van der Waals surface area contributed by atoms with E-state index in [4.69, 9.17) is 4.74 Å². The highest BCUT2D eigenvalue weighted by Crippen LogP contribution is 2.31. The predicted molar refractivity (Wildman–Crippen MR) is 107 cm³/mol. The molecule has 3 nitrogen and oxygen atoms in total. The Labute approximate surface area is 158 Å². The third kappa shape index (κ3) is 5.55. The van der Waals surface area contributed by atoms with Crippen molar-refractivity contribution >= 4 is 0 Å². The van der Waals surface area contributed by atoms with Gasteiger partial charge in [-0.3, -0.25) is 0 Å². The SMILES string of the molecule is CCCc1cnc(-c2ccc(OCCC[C@H]3CC[C@H](C)CC3)cc2)nc1. The van der Waals surface area contributed by atoms with Crippen molar-refractivity contribution in [3.8, 4) is 17.1 Å². The van der Waals surface area contributed by atoms with Crippen molar-refractivity contribution in [2.24, 2.45) is 11.8 Å². The summed E-state index contributed by atoms with van der Waals surface area (Å²) in [6.45, 7) is 5.36. The molecule has 3 rings (SSSR count). The van der Waals surface area contributed by atoms with E-state index in [1.165, 1.54) is 37.7 Å². The molecule has 0 N–H and O–H groups in total. The molecule has 0 amide bonds. The van der Waals surface area contributed by atoms with Crippen LogP contribution in [0.3, 0.4) is 0 Å². The molecular formula is C23H32N2O. The van der Waals surface area contributed by atoms with Crippen molar-refractivity contribution in [3.63, 3.8) is 0 Å². The molecule has 0 saturated heterocycles. The van der Waals surface area contributed by atoms with Crippen molar-refractivity contribution in [3.05, 3.63) is 42.2 Å². The molecule has 26 heavy (non-hydrogen) atoms. The van der Waals surface area contributed by atoms with Gasteiger partial charge in [-0.05, 0) is 60.9 Å². The highest BCUT2D eigenvalue weighted by atomic mass is 16.5. The van der Waals surface area contributed by atoms with Gasteiger partial charge in [-0.25, -0.2) is 9.97 Å². The van der Waals surface area contributed by atoms with Crippen molar-refractivity contribution in [1.29, 1.82) is 0 Å². The van der Waals surface area contributed by atoms with Gasteiger partial charge in [0, 0.05) is 18.0 Å². The highest BCUT2D eigenvalue weighted by Gasteiger charge is 2.17. The summed E-state index contributed by atoms with van der Waals surface area (Å²) in [7, 11) is 0. The molecule has 0 aliphatic heterocycles. The van der Waals surface area contributed by atoms with Gasteiger partial charge in [-0.1, -0.05) is 46.0 Å². The molecule has 1 saturated carbocycles. The van der Waals surface area contributed by atoms with Crippen molar-refractivity contribution < 1.29 is 4.74 Å². The van der Waals surface area contributed by atoms with Gasteiger partial charge in [-0.2, -0.15) is 0 Å². The Morgan fingerprint density at radius 2 is 1.69 bits per heavy atom. The Morgan fingerprint density at radius 3 is 2.35 bits per heavy atom. The average Bonchev–Trinajstić information content (AvgIpc) is 2.68. The monoisotopic (exact) mass is 352 g/mol. The topological polar surface area (TPSA) is 35.0 Å². The van der Waals surface area contributed by atoms with E-state index in [1.54, 1.807) is 0 Å². The number of hydrogen-bond acceptors (Lipinski definition) is 3. The maximum atomic E-state index is 5.92. The van der Waals surface area contributed by atoms with Crippen LogP contribution in [0.15, 0.2) is 36.7 Å². The molecule has 1 fully saturated rings. The minimum atomic E-state index is 0.780. The summed E-state index contributed by atoms with van der Waals surface area (Å²) in [5.74, 6) is 3.58. The van der Waals surface area contributed by atoms with Gasteiger partial charge in [0.05, 0.1) is 6.61 Å². The van der Waals surface area contributed by atoms with Gasteiger partial charge in [0.1, 0.15) is 5.75 Å². The maximum absolute atomic E-state index is 5.92. The standard InChI is InChI=1S/C23H32N2O/c1-3-5-20-16-24-23(25-17-20)21-11-13-22(14-12-21)26-15-4-6-19-9-7-18(2)8-10-19/h11-14,16-19H,3-10,15H2,1-2H3/t18-,19-. The minimum Gasteiger partial charge on any atom is -0.494 e. The molecule has 0 atom stereocenters. The molecule has 1 aromatic carbocycles. The van der Waals surface area contributed by atoms with E-state index >= 15 is 0 Å². The first-order chi connectivity index (χ1) is 12.7. The summed E-state index contributed by atoms with van der Waals surface area (Å²) in [5.41, 5.74) is 2.24. The maximum Gasteiger partial charge on any atom is 0.159 e. The molecule has 1 aromatic heterocycles. The van der Waals surface area contributed by atoms with Crippen LogP contribution in [0.5, 0.6) is 5.75 Å². The van der Waals surface area contributed by atoms with Crippen molar-refractivity contribution in [2.45, 2.75) is 65.2 Å². The summed E-state index contributed by atoms with van der Waals surface area (Å²) in [5, 5.41) is 0. The number of hydrogen-bond donors (Lipinski definition) is 0. The molecule has 0 bridgehead atoms. The lowest BCUT2D eigenvalue weighted by Gasteiger charge is -2.25. The zero-order chi connectivity index (χ0) is 18.2. The second-order valence-corrected chi connectivity index (χ2v) is 7.81. The summed E-state index contributed by atoms with van der Waals surface area (Å²) >= 11 is 0. The van der Waals surface area contributed by atoms with Gasteiger partial charge in [0.25, 0.3) is 0 Å². The zero-order valence-electron chi connectivity index (χ0n) is 16.3. The molecule has 0 radical (unpaired) electrons. The largest absolute Gasteiger partial charge is 0.494 e. The van der Waals surface area contributed by atoms with Gasteiger partial charge >= 0.3 is 0 Å². The summed E-state index contributed by atoms with van der Waals surface area (Å²) in [6.07, 6.45) is 14.1. The smallest absolute Gasteiger partial charge is 0.159 e. The van der Waals surface area contributed by atoms with Gasteiger partial charge < -0.3 is 4.74 Å². The third-order valence-corrected chi connectivity index (χ3v) is 5.52. The molecular weight excluding hydrogens is 320 g/mol. The molecule has 1 aliphatic carbocycles. The van der Waals surface area contributed by atoms with E-state index < -0.39 is 0 Å². The molecule has 1 aliphatic rings. The van der Waals surface area contributed by atoms with Crippen LogP contribution in [0.25, 0.3) is 11.4 Å². The zero-order valence-corrected chi connectivity index (χ0v) is 16.3. The van der Waals surface area contributed by atoms with E-state index in [0.717, 1.165) is 54.8 Å². The second-order valence-electron chi connectivity index (χ2n) is 7.81. The molecule has 140 valence electrons. The normalized spacial score (nSPS) is 20.1. The highest BCUT2D eigenvalue weighted by molar-refractivity contribution is 5.55. The molecule has 0 unspecified atom stereocenters. The summed E-state index contributed by atoms with van der Waals surface area (Å²) in [4.78, 5) is 8.96. The molecule has 2 aromatic rings. The van der Waals surface area contributed by atoms with Crippen LogP contribution in [-0.2, 0) is 6.42 Å². The fraction of sp³-hybridized carbons (Fsp3) is 0.565. The van der Waals surface area contributed by atoms with Crippen molar-refractivity contribution in [2.75, 3.05) is 6.61 Å². The van der Waals surface area contributed by atoms with E-state index in [9.17, 15) is 0 Å². The van der Waals surface area contributed by atoms with Gasteiger partial charge in [-0.15, -0.1) is 0 Å². The van der Waals surface area contributed by atoms with E-state index in [-0.39, 0.29) is 0 Å². The average molecular weight is 353 g/mol. The van der Waals surface area contributed by atoms with Crippen LogP contribution in [-0.4, -0.2) is 16.6 Å². The van der Waals surface area contributed by atoms with Crippen LogP contribution in [0.1, 0.15) is 64.4 Å². The first-order valence-electron chi connectivity index (χ1n) is 10.3. The first-order valence-corrected chi connectivity index (χ1v) is 10.3. The quantitative estimate of drug-likeness (QED) is 0.540. The number of nitrogens with zero attached hydrogens (tertiary/aromatic N) is 2. The minimum absolute atomic E-state index is 0.780. The number of rotatable bonds is 8. The Kier molecular flexibility index (Phi) is 7.04. The van der Waals surface area contributed by atoms with Crippen molar-refractivity contribution in [1.82, 2.24) is 9.97 Å². The van der Waals surface area contributed by atoms with E-state index in [1.807, 2.05) is 36.7 Å². The molecule has 3 heteroatoms. The van der Waals surface area contributed by atoms with E-state index in [2.05, 4.69) is 23.8 Å². The van der Waals surface area contributed by atoms with Crippen LogP contribution in [0.4, 0.5) is 0 Å². The Morgan fingerprint density at radius 1 is 1.00 bits per heavy atom. The fourth-order valence-electron chi connectivity index (χ4n) is 3.80. The predicted octanol–water partition coefficient (Wildman–Crippen LogP) is 6.08. The number of benzene rings is 1. The van der Waals surface area contributed by atoms with Gasteiger partial charge in [0.15, 0.2) is 5.82 Å². The number of aromatic nitrogens is 2. The lowest BCUT2D eigenvalue weighted by Crippen LogP contribution is -2.13. The van der Waals surface area contributed by atoms with Gasteiger partial charge in [0.2, 0.25) is 0 Å². The lowest BCUT2D eigenvalue weighted by atomic mass is 9.81. The summed E-state index contributed by atoms with van der Waals surface area (Å²) < 4.78 is 5.92. The molecule has 1 heterocycles. The second kappa shape index (κ2) is 9.70. The number of aryl methyl sites for hydroxylation is 1. The van der Waals surface area contributed by atoms with Crippen LogP contribution < -0.4 is 4.74 Å². The lowest BCUT2D eigenvalue weighted by molar-refractivity contribution is 0.245. The molecule has 0 spiro atoms. The Bertz CT molecular complexity index is 643. The Hall–Kier alpha value is -1.90. The van der Waals surface area contributed by atoms with Crippen LogP contribution in [0.2, 0.25) is 0 Å².